The molecule has 25 heavy (non-hydrogen) atoms. The predicted molar refractivity (Wildman–Crippen MR) is 103 cm³/mol. The minimum absolute atomic E-state index is 0.122. The molecule has 0 saturated heterocycles. The summed E-state index contributed by atoms with van der Waals surface area (Å²) in [6, 6.07) is 10.2. The molecule has 0 fully saturated rings. The zero-order chi connectivity index (χ0) is 18.4. The van der Waals surface area contributed by atoms with Crippen LogP contribution in [0.5, 0.6) is 5.75 Å². The molecule has 0 aliphatic carbocycles. The lowest BCUT2D eigenvalue weighted by Crippen LogP contribution is -2.15. The van der Waals surface area contributed by atoms with Gasteiger partial charge in [-0.2, -0.15) is 0 Å². The second kappa shape index (κ2) is 8.99. The van der Waals surface area contributed by atoms with E-state index >= 15 is 0 Å². The lowest BCUT2D eigenvalue weighted by molar-refractivity contribution is -0.114. The monoisotopic (exact) mass is 398 g/mol. The molecule has 0 aromatic heterocycles. The highest BCUT2D eigenvalue weighted by atomic mass is 35.5. The van der Waals surface area contributed by atoms with E-state index in [1.807, 2.05) is 0 Å². The van der Waals surface area contributed by atoms with Crippen molar-refractivity contribution in [3.8, 4) is 5.75 Å². The standard InChI is InChI=1S/C17H16Cl2N2O3S/c1-10(22)20-11-6-7-15(24-2)14(8-11)21-16(23)9-25-17-12(18)4-3-5-13(17)19/h3-8H,9H2,1-2H3,(H,20,22)(H,21,23). The van der Waals surface area contributed by atoms with E-state index in [1.54, 1.807) is 36.4 Å². The van der Waals surface area contributed by atoms with Crippen LogP contribution in [0.1, 0.15) is 6.92 Å². The molecular formula is C17H16Cl2N2O3S. The fraction of sp³-hybridized carbons (Fsp3) is 0.176. The molecule has 2 amide bonds. The predicted octanol–water partition coefficient (Wildman–Crippen LogP) is 4.69. The van der Waals surface area contributed by atoms with Crippen LogP contribution in [0, 0.1) is 0 Å². The first-order chi connectivity index (χ1) is 11.9. The number of methoxy groups -OCH3 is 1. The molecule has 2 aromatic carbocycles. The van der Waals surface area contributed by atoms with Crippen molar-refractivity contribution in [3.05, 3.63) is 46.4 Å². The summed E-state index contributed by atoms with van der Waals surface area (Å²) >= 11 is 13.4. The lowest BCUT2D eigenvalue weighted by atomic mass is 10.2. The van der Waals surface area contributed by atoms with Gasteiger partial charge in [0.15, 0.2) is 0 Å². The Morgan fingerprint density at radius 1 is 1.12 bits per heavy atom. The first-order valence-electron chi connectivity index (χ1n) is 7.23. The molecule has 0 aliphatic heterocycles. The number of anilines is 2. The van der Waals surface area contributed by atoms with Crippen LogP contribution in [0.25, 0.3) is 0 Å². The summed E-state index contributed by atoms with van der Waals surface area (Å²) in [6.07, 6.45) is 0. The summed E-state index contributed by atoms with van der Waals surface area (Å²) in [5, 5.41) is 6.41. The van der Waals surface area contributed by atoms with Gasteiger partial charge in [-0.3, -0.25) is 9.59 Å². The highest BCUT2D eigenvalue weighted by Crippen LogP contribution is 2.34. The third-order valence-electron chi connectivity index (χ3n) is 3.06. The van der Waals surface area contributed by atoms with E-state index in [9.17, 15) is 9.59 Å². The molecule has 132 valence electrons. The van der Waals surface area contributed by atoms with E-state index in [2.05, 4.69) is 10.6 Å². The highest BCUT2D eigenvalue weighted by Gasteiger charge is 2.12. The van der Waals surface area contributed by atoms with Crippen molar-refractivity contribution < 1.29 is 14.3 Å². The normalized spacial score (nSPS) is 10.2. The zero-order valence-corrected chi connectivity index (χ0v) is 15.9. The molecule has 0 aliphatic rings. The van der Waals surface area contributed by atoms with Crippen molar-refractivity contribution >= 4 is 58.2 Å². The van der Waals surface area contributed by atoms with E-state index in [0.717, 1.165) is 0 Å². The SMILES string of the molecule is COc1ccc(NC(C)=O)cc1NC(=O)CSc1c(Cl)cccc1Cl. The van der Waals surface area contributed by atoms with Crippen molar-refractivity contribution in [1.29, 1.82) is 0 Å². The Hall–Kier alpha value is -1.89. The molecule has 5 nitrogen and oxygen atoms in total. The summed E-state index contributed by atoms with van der Waals surface area (Å²) in [6.45, 7) is 1.41. The quantitative estimate of drug-likeness (QED) is 0.692. The maximum atomic E-state index is 12.2. The smallest absolute Gasteiger partial charge is 0.234 e. The number of hydrogen-bond acceptors (Lipinski definition) is 4. The molecule has 8 heteroatoms. The van der Waals surface area contributed by atoms with Crippen LogP contribution in [0.2, 0.25) is 10.0 Å². The van der Waals surface area contributed by atoms with Crippen molar-refractivity contribution in [1.82, 2.24) is 0 Å². The van der Waals surface area contributed by atoms with Gasteiger partial charge >= 0.3 is 0 Å². The van der Waals surface area contributed by atoms with Crippen LogP contribution in [0.4, 0.5) is 11.4 Å². The maximum Gasteiger partial charge on any atom is 0.234 e. The van der Waals surface area contributed by atoms with E-state index < -0.39 is 0 Å². The molecule has 0 unspecified atom stereocenters. The Bertz CT molecular complexity index is 779. The molecule has 2 N–H and O–H groups in total. The van der Waals surface area contributed by atoms with Gasteiger partial charge in [-0.05, 0) is 30.3 Å². The van der Waals surface area contributed by atoms with Crippen LogP contribution in [0.15, 0.2) is 41.3 Å². The minimum atomic E-state index is -0.251. The largest absolute Gasteiger partial charge is 0.495 e. The number of benzene rings is 2. The van der Waals surface area contributed by atoms with Crippen LogP contribution in [-0.4, -0.2) is 24.7 Å². The van der Waals surface area contributed by atoms with E-state index in [0.29, 0.717) is 32.1 Å². The number of nitrogens with one attached hydrogen (secondary N) is 2. The number of amides is 2. The van der Waals surface area contributed by atoms with E-state index in [4.69, 9.17) is 27.9 Å². The summed E-state index contributed by atoms with van der Waals surface area (Å²) in [7, 11) is 1.50. The second-order valence-corrected chi connectivity index (χ2v) is 6.78. The van der Waals surface area contributed by atoms with Gasteiger partial charge in [-0.15, -0.1) is 11.8 Å². The summed E-state index contributed by atoms with van der Waals surface area (Å²) in [4.78, 5) is 24.1. The van der Waals surface area contributed by atoms with Gasteiger partial charge in [0.2, 0.25) is 11.8 Å². The fourth-order valence-corrected chi connectivity index (χ4v) is 3.52. The van der Waals surface area contributed by atoms with Crippen molar-refractivity contribution in [2.75, 3.05) is 23.5 Å². The van der Waals surface area contributed by atoms with Crippen LogP contribution < -0.4 is 15.4 Å². The average Bonchev–Trinajstić information content (AvgIpc) is 2.54. The first-order valence-corrected chi connectivity index (χ1v) is 8.97. The number of rotatable bonds is 6. The number of hydrogen-bond donors (Lipinski definition) is 2. The number of halogens is 2. The summed E-state index contributed by atoms with van der Waals surface area (Å²) < 4.78 is 5.23. The van der Waals surface area contributed by atoms with Gasteiger partial charge in [0, 0.05) is 17.5 Å². The summed E-state index contributed by atoms with van der Waals surface area (Å²) in [5.74, 6) is 0.158. The lowest BCUT2D eigenvalue weighted by Gasteiger charge is -2.12. The molecule has 0 spiro atoms. The van der Waals surface area contributed by atoms with Crippen molar-refractivity contribution in [2.45, 2.75) is 11.8 Å². The Balaban J connectivity index is 2.07. The zero-order valence-electron chi connectivity index (χ0n) is 13.6. The Morgan fingerprint density at radius 3 is 2.40 bits per heavy atom. The number of carbonyl (C=O) groups excluding carboxylic acids is 2. The van der Waals surface area contributed by atoms with Gasteiger partial charge in [0.05, 0.1) is 28.6 Å². The first kappa shape index (κ1) is 19.4. The number of carbonyl (C=O) groups is 2. The topological polar surface area (TPSA) is 67.4 Å². The molecule has 0 heterocycles. The molecule has 0 bridgehead atoms. The molecular weight excluding hydrogens is 383 g/mol. The number of thioether (sulfide) groups is 1. The third-order valence-corrected chi connectivity index (χ3v) is 5.05. The molecule has 2 rings (SSSR count). The molecule has 0 saturated carbocycles. The molecule has 2 aromatic rings. The fourth-order valence-electron chi connectivity index (χ4n) is 2.03. The van der Waals surface area contributed by atoms with Crippen LogP contribution in [0.3, 0.4) is 0 Å². The average molecular weight is 399 g/mol. The Kier molecular flexibility index (Phi) is 6.99. The van der Waals surface area contributed by atoms with Gasteiger partial charge in [-0.1, -0.05) is 29.3 Å². The molecule has 0 radical (unpaired) electrons. The van der Waals surface area contributed by atoms with Gasteiger partial charge in [0.1, 0.15) is 5.75 Å². The Morgan fingerprint density at radius 2 is 1.80 bits per heavy atom. The van der Waals surface area contributed by atoms with Gasteiger partial charge < -0.3 is 15.4 Å². The molecule has 0 atom stereocenters. The Labute approximate surface area is 160 Å². The van der Waals surface area contributed by atoms with Crippen LogP contribution >= 0.6 is 35.0 Å². The van der Waals surface area contributed by atoms with Crippen LogP contribution in [-0.2, 0) is 9.59 Å². The van der Waals surface area contributed by atoms with Crippen molar-refractivity contribution in [3.63, 3.8) is 0 Å². The second-order valence-electron chi connectivity index (χ2n) is 4.98. The van der Waals surface area contributed by atoms with Crippen molar-refractivity contribution in [2.24, 2.45) is 0 Å². The van der Waals surface area contributed by atoms with E-state index in [1.165, 1.54) is 25.8 Å². The summed E-state index contributed by atoms with van der Waals surface area (Å²) in [5.41, 5.74) is 1.02. The number of ether oxygens (including phenoxy) is 1. The highest BCUT2D eigenvalue weighted by molar-refractivity contribution is 8.00. The van der Waals surface area contributed by atoms with Gasteiger partial charge in [-0.25, -0.2) is 0 Å². The third kappa shape index (κ3) is 5.56. The maximum absolute atomic E-state index is 12.2. The van der Waals surface area contributed by atoms with Gasteiger partial charge in [0.25, 0.3) is 0 Å². The minimum Gasteiger partial charge on any atom is -0.495 e. The van der Waals surface area contributed by atoms with E-state index in [-0.39, 0.29) is 17.6 Å².